The summed E-state index contributed by atoms with van der Waals surface area (Å²) < 4.78 is 1.83. The zero-order valence-electron chi connectivity index (χ0n) is 14.4. The quantitative estimate of drug-likeness (QED) is 0.700. The average molecular weight is 338 g/mol. The Kier molecular flexibility index (Phi) is 3.80. The number of hydrogen-bond acceptors (Lipinski definition) is 3. The molecule has 0 amide bonds. The van der Waals surface area contributed by atoms with Crippen molar-refractivity contribution >= 4 is 21.6 Å². The highest BCUT2D eigenvalue weighted by atomic mass is 32.1. The molecule has 0 saturated heterocycles. The summed E-state index contributed by atoms with van der Waals surface area (Å²) >= 11 is 1.72. The number of aryl methyl sites for hydroxylation is 3. The van der Waals surface area contributed by atoms with Gasteiger partial charge in [0.15, 0.2) is 0 Å². The first-order valence-electron chi connectivity index (χ1n) is 8.60. The lowest BCUT2D eigenvalue weighted by atomic mass is 9.89. The maximum atomic E-state index is 13.2. The smallest absolute Gasteiger partial charge is 0.262 e. The van der Waals surface area contributed by atoms with Crippen LogP contribution in [-0.4, -0.2) is 9.55 Å². The Bertz CT molecular complexity index is 966. The first kappa shape index (κ1) is 15.6. The summed E-state index contributed by atoms with van der Waals surface area (Å²) in [4.78, 5) is 20.2. The van der Waals surface area contributed by atoms with Gasteiger partial charge in [0.2, 0.25) is 0 Å². The second-order valence-corrected chi connectivity index (χ2v) is 8.15. The molecule has 1 aliphatic rings. The monoisotopic (exact) mass is 338 g/mol. The van der Waals surface area contributed by atoms with E-state index in [2.05, 4.69) is 38.1 Å². The number of thiophene rings is 1. The van der Waals surface area contributed by atoms with Crippen molar-refractivity contribution in [2.45, 2.75) is 46.6 Å². The molecule has 1 unspecified atom stereocenters. The van der Waals surface area contributed by atoms with E-state index < -0.39 is 0 Å². The third-order valence-electron chi connectivity index (χ3n) is 5.07. The first-order chi connectivity index (χ1) is 11.5. The van der Waals surface area contributed by atoms with Crippen molar-refractivity contribution in [3.63, 3.8) is 0 Å². The van der Waals surface area contributed by atoms with Crippen LogP contribution >= 0.6 is 11.3 Å². The van der Waals surface area contributed by atoms with Gasteiger partial charge in [0.1, 0.15) is 10.7 Å². The third-order valence-corrected chi connectivity index (χ3v) is 6.22. The van der Waals surface area contributed by atoms with E-state index in [1.165, 1.54) is 22.4 Å². The molecule has 24 heavy (non-hydrogen) atoms. The van der Waals surface area contributed by atoms with E-state index in [9.17, 15) is 4.79 Å². The summed E-state index contributed by atoms with van der Waals surface area (Å²) in [5, 5.41) is 0.875. The average Bonchev–Trinajstić information content (AvgIpc) is 2.90. The molecule has 0 spiro atoms. The summed E-state index contributed by atoms with van der Waals surface area (Å²) in [5.74, 6) is 1.51. The molecule has 0 aliphatic heterocycles. The predicted molar refractivity (Wildman–Crippen MR) is 100 cm³/mol. The van der Waals surface area contributed by atoms with Crippen LogP contribution in [0.2, 0.25) is 0 Å². The van der Waals surface area contributed by atoms with Gasteiger partial charge in [0.05, 0.1) is 11.9 Å². The van der Waals surface area contributed by atoms with Gasteiger partial charge < -0.3 is 0 Å². The molecule has 124 valence electrons. The van der Waals surface area contributed by atoms with Crippen LogP contribution in [0.25, 0.3) is 10.2 Å². The number of fused-ring (bicyclic) bond motifs is 3. The minimum atomic E-state index is 0.130. The van der Waals surface area contributed by atoms with Crippen LogP contribution in [0.15, 0.2) is 29.1 Å². The number of rotatable bonds is 2. The lowest BCUT2D eigenvalue weighted by Crippen LogP contribution is -2.25. The maximum Gasteiger partial charge on any atom is 0.262 e. The molecule has 1 aromatic carbocycles. The van der Waals surface area contributed by atoms with Gasteiger partial charge in [-0.05, 0) is 50.2 Å². The van der Waals surface area contributed by atoms with Crippen molar-refractivity contribution in [1.29, 1.82) is 0 Å². The third kappa shape index (κ3) is 2.59. The number of nitrogens with zero attached hydrogens (tertiary/aromatic N) is 2. The molecule has 0 fully saturated rings. The molecule has 1 aliphatic carbocycles. The van der Waals surface area contributed by atoms with E-state index in [0.717, 1.165) is 34.4 Å². The fourth-order valence-electron chi connectivity index (χ4n) is 3.59. The fraction of sp³-hybridized carbons (Fsp3) is 0.400. The minimum absolute atomic E-state index is 0.130. The summed E-state index contributed by atoms with van der Waals surface area (Å²) in [6.07, 6.45) is 3.28. The fourth-order valence-corrected chi connectivity index (χ4v) is 5.01. The second kappa shape index (κ2) is 5.85. The Labute approximate surface area is 146 Å². The number of benzene rings is 1. The van der Waals surface area contributed by atoms with E-state index in [0.29, 0.717) is 12.5 Å². The van der Waals surface area contributed by atoms with E-state index in [1.54, 1.807) is 11.3 Å². The Balaban J connectivity index is 1.84. The van der Waals surface area contributed by atoms with Crippen LogP contribution in [0.5, 0.6) is 0 Å². The highest BCUT2D eigenvalue weighted by molar-refractivity contribution is 7.18. The molecular formula is C20H22N2OS. The van der Waals surface area contributed by atoms with Crippen molar-refractivity contribution in [2.24, 2.45) is 5.92 Å². The molecule has 0 radical (unpaired) electrons. The second-order valence-electron chi connectivity index (χ2n) is 7.07. The molecule has 2 heterocycles. The number of hydrogen-bond donors (Lipinski definition) is 0. The lowest BCUT2D eigenvalue weighted by Gasteiger charge is -2.17. The summed E-state index contributed by atoms with van der Waals surface area (Å²) in [6, 6.07) is 8.37. The van der Waals surface area contributed by atoms with Crippen LogP contribution < -0.4 is 5.56 Å². The van der Waals surface area contributed by atoms with Gasteiger partial charge >= 0.3 is 0 Å². The van der Waals surface area contributed by atoms with Crippen molar-refractivity contribution in [2.75, 3.05) is 0 Å². The zero-order chi connectivity index (χ0) is 16.8. The highest BCUT2D eigenvalue weighted by Crippen LogP contribution is 2.35. The van der Waals surface area contributed by atoms with Gasteiger partial charge in [0.25, 0.3) is 5.56 Å². The van der Waals surface area contributed by atoms with Gasteiger partial charge in [-0.2, -0.15) is 0 Å². The standard InChI is InChI=1S/C20H22N2OS/c1-12-4-7-15(8-5-12)11-22-14(3)21-19-18(20(22)23)16-9-6-13(2)10-17(16)24-19/h4-5,7-8,13H,6,9-11H2,1-3H3. The van der Waals surface area contributed by atoms with Crippen LogP contribution in [0.1, 0.15) is 40.7 Å². The van der Waals surface area contributed by atoms with E-state index >= 15 is 0 Å². The molecule has 4 rings (SSSR count). The SMILES string of the molecule is Cc1ccc(Cn2c(C)nc3sc4c(c3c2=O)CCC(C)C4)cc1. The van der Waals surface area contributed by atoms with Gasteiger partial charge in [-0.3, -0.25) is 9.36 Å². The summed E-state index contributed by atoms with van der Waals surface area (Å²) in [7, 11) is 0. The Morgan fingerprint density at radius 2 is 2.00 bits per heavy atom. The molecule has 3 aromatic rings. The summed E-state index contributed by atoms with van der Waals surface area (Å²) in [5.41, 5.74) is 3.77. The molecular weight excluding hydrogens is 316 g/mol. The Hall–Kier alpha value is -1.94. The largest absolute Gasteiger partial charge is 0.292 e. The van der Waals surface area contributed by atoms with Gasteiger partial charge in [-0.1, -0.05) is 36.8 Å². The molecule has 2 aromatic heterocycles. The van der Waals surface area contributed by atoms with Crippen LogP contribution in [0, 0.1) is 19.8 Å². The van der Waals surface area contributed by atoms with Crippen LogP contribution in [0.3, 0.4) is 0 Å². The van der Waals surface area contributed by atoms with Gasteiger partial charge in [-0.25, -0.2) is 4.98 Å². The first-order valence-corrected chi connectivity index (χ1v) is 9.42. The Morgan fingerprint density at radius 1 is 1.25 bits per heavy atom. The minimum Gasteiger partial charge on any atom is -0.292 e. The van der Waals surface area contributed by atoms with Crippen molar-refractivity contribution in [3.05, 3.63) is 62.0 Å². The lowest BCUT2D eigenvalue weighted by molar-refractivity contribution is 0.509. The van der Waals surface area contributed by atoms with E-state index in [1.807, 2.05) is 11.5 Å². The maximum absolute atomic E-state index is 13.2. The molecule has 0 N–H and O–H groups in total. The normalized spacial score (nSPS) is 17.2. The van der Waals surface area contributed by atoms with Crippen molar-refractivity contribution in [1.82, 2.24) is 9.55 Å². The highest BCUT2D eigenvalue weighted by Gasteiger charge is 2.23. The van der Waals surface area contributed by atoms with Crippen LogP contribution in [-0.2, 0) is 19.4 Å². The molecule has 0 bridgehead atoms. The van der Waals surface area contributed by atoms with Gasteiger partial charge in [0, 0.05) is 4.88 Å². The van der Waals surface area contributed by atoms with E-state index in [4.69, 9.17) is 4.98 Å². The molecule has 1 atom stereocenters. The van der Waals surface area contributed by atoms with Gasteiger partial charge in [-0.15, -0.1) is 11.3 Å². The van der Waals surface area contributed by atoms with Crippen molar-refractivity contribution < 1.29 is 0 Å². The zero-order valence-corrected chi connectivity index (χ0v) is 15.2. The predicted octanol–water partition coefficient (Wildman–Crippen LogP) is 4.25. The molecule has 3 nitrogen and oxygen atoms in total. The summed E-state index contributed by atoms with van der Waals surface area (Å²) in [6.45, 7) is 6.90. The molecule has 4 heteroatoms. The topological polar surface area (TPSA) is 34.9 Å². The molecule has 0 saturated carbocycles. The van der Waals surface area contributed by atoms with Crippen LogP contribution in [0.4, 0.5) is 0 Å². The number of aromatic nitrogens is 2. The Morgan fingerprint density at radius 3 is 2.75 bits per heavy atom. The van der Waals surface area contributed by atoms with E-state index in [-0.39, 0.29) is 5.56 Å². The van der Waals surface area contributed by atoms with Crippen molar-refractivity contribution in [3.8, 4) is 0 Å².